The standard InChI is InChI=1S/C26H21ClN2O5/c1-16-5-3-8-20(11-16)29-25(31)21(24(30)28-26(29)32)13-17-9-10-22(23(14-17)33-2)34-15-18-6-4-7-19(27)12-18/h3-14H,15H2,1-2H3,(H,28,30,32)/b21-13+. The number of amides is 4. The van der Waals surface area contributed by atoms with Crippen LogP contribution in [-0.2, 0) is 16.2 Å². The summed E-state index contributed by atoms with van der Waals surface area (Å²) >= 11 is 6.02. The summed E-state index contributed by atoms with van der Waals surface area (Å²) in [4.78, 5) is 38.9. The van der Waals surface area contributed by atoms with E-state index in [9.17, 15) is 14.4 Å². The fourth-order valence-electron chi connectivity index (χ4n) is 3.51. The Labute approximate surface area is 201 Å². The molecule has 1 heterocycles. The summed E-state index contributed by atoms with van der Waals surface area (Å²) in [6.07, 6.45) is 1.41. The first-order chi connectivity index (χ1) is 16.4. The maximum absolute atomic E-state index is 13.1. The molecule has 0 spiro atoms. The van der Waals surface area contributed by atoms with Crippen molar-refractivity contribution < 1.29 is 23.9 Å². The zero-order valence-corrected chi connectivity index (χ0v) is 19.3. The number of anilines is 1. The number of methoxy groups -OCH3 is 1. The Balaban J connectivity index is 1.60. The zero-order valence-electron chi connectivity index (χ0n) is 18.5. The molecule has 172 valence electrons. The van der Waals surface area contributed by atoms with Gasteiger partial charge in [-0.05, 0) is 66.1 Å². The third-order valence-electron chi connectivity index (χ3n) is 5.14. The van der Waals surface area contributed by atoms with Crippen LogP contribution in [0.3, 0.4) is 0 Å². The van der Waals surface area contributed by atoms with Gasteiger partial charge in [0.05, 0.1) is 12.8 Å². The Bertz CT molecular complexity index is 1320. The van der Waals surface area contributed by atoms with Crippen LogP contribution in [0.2, 0.25) is 5.02 Å². The maximum atomic E-state index is 13.1. The summed E-state index contributed by atoms with van der Waals surface area (Å²) < 4.78 is 11.3. The van der Waals surface area contributed by atoms with Gasteiger partial charge in [0, 0.05) is 5.02 Å². The summed E-state index contributed by atoms with van der Waals surface area (Å²) in [7, 11) is 1.50. The van der Waals surface area contributed by atoms with Crippen molar-refractivity contribution in [2.75, 3.05) is 12.0 Å². The van der Waals surface area contributed by atoms with Crippen LogP contribution < -0.4 is 19.7 Å². The van der Waals surface area contributed by atoms with Crippen LogP contribution in [0.4, 0.5) is 10.5 Å². The molecular weight excluding hydrogens is 456 g/mol. The molecule has 0 aromatic heterocycles. The third-order valence-corrected chi connectivity index (χ3v) is 5.38. The van der Waals surface area contributed by atoms with Gasteiger partial charge in [-0.1, -0.05) is 41.9 Å². The molecule has 7 nitrogen and oxygen atoms in total. The van der Waals surface area contributed by atoms with E-state index in [1.54, 1.807) is 48.5 Å². The summed E-state index contributed by atoms with van der Waals surface area (Å²) in [6.45, 7) is 2.13. The SMILES string of the molecule is COc1cc(/C=C2\C(=O)NC(=O)N(c3cccc(C)c3)C2=O)ccc1OCc1cccc(Cl)c1. The van der Waals surface area contributed by atoms with Crippen LogP contribution in [0.15, 0.2) is 72.3 Å². The normalized spacial score (nSPS) is 14.9. The topological polar surface area (TPSA) is 84.9 Å². The molecule has 0 saturated carbocycles. The van der Waals surface area contributed by atoms with Crippen molar-refractivity contribution in [3.63, 3.8) is 0 Å². The van der Waals surface area contributed by atoms with Crippen molar-refractivity contribution >= 4 is 41.2 Å². The number of imide groups is 2. The van der Waals surface area contributed by atoms with Crippen LogP contribution in [0.5, 0.6) is 11.5 Å². The first-order valence-electron chi connectivity index (χ1n) is 10.4. The number of ether oxygens (including phenoxy) is 2. The lowest BCUT2D eigenvalue weighted by molar-refractivity contribution is -0.122. The van der Waals surface area contributed by atoms with E-state index in [4.69, 9.17) is 21.1 Å². The van der Waals surface area contributed by atoms with E-state index in [2.05, 4.69) is 5.32 Å². The number of urea groups is 1. The number of nitrogens with one attached hydrogen (secondary N) is 1. The number of barbiturate groups is 1. The fourth-order valence-corrected chi connectivity index (χ4v) is 3.72. The number of rotatable bonds is 6. The lowest BCUT2D eigenvalue weighted by Crippen LogP contribution is -2.54. The third kappa shape index (κ3) is 4.94. The first kappa shape index (κ1) is 23.1. The number of aryl methyl sites for hydroxylation is 1. The van der Waals surface area contributed by atoms with Crippen LogP contribution in [0.1, 0.15) is 16.7 Å². The molecule has 0 aliphatic carbocycles. The molecule has 1 saturated heterocycles. The molecule has 1 fully saturated rings. The molecule has 3 aromatic rings. The lowest BCUT2D eigenvalue weighted by atomic mass is 10.1. The fraction of sp³-hybridized carbons (Fsp3) is 0.115. The minimum atomic E-state index is -0.792. The van der Waals surface area contributed by atoms with Crippen molar-refractivity contribution in [2.24, 2.45) is 0 Å². The zero-order chi connectivity index (χ0) is 24.2. The van der Waals surface area contributed by atoms with Crippen LogP contribution >= 0.6 is 11.6 Å². The predicted molar refractivity (Wildman–Crippen MR) is 129 cm³/mol. The van der Waals surface area contributed by atoms with E-state index in [1.165, 1.54) is 13.2 Å². The quantitative estimate of drug-likeness (QED) is 0.404. The number of nitrogens with zero attached hydrogens (tertiary/aromatic N) is 1. The average molecular weight is 477 g/mol. The van der Waals surface area contributed by atoms with Gasteiger partial charge in [0.15, 0.2) is 11.5 Å². The first-order valence-corrected chi connectivity index (χ1v) is 10.8. The molecular formula is C26H21ClN2O5. The van der Waals surface area contributed by atoms with E-state index < -0.39 is 17.8 Å². The van der Waals surface area contributed by atoms with Gasteiger partial charge in [0.1, 0.15) is 12.2 Å². The summed E-state index contributed by atoms with van der Waals surface area (Å²) in [6, 6.07) is 18.5. The van der Waals surface area contributed by atoms with E-state index in [0.717, 1.165) is 16.0 Å². The number of carbonyl (C=O) groups is 3. The Kier molecular flexibility index (Phi) is 6.65. The van der Waals surface area contributed by atoms with Crippen molar-refractivity contribution in [3.05, 3.63) is 94.0 Å². The monoisotopic (exact) mass is 476 g/mol. The van der Waals surface area contributed by atoms with Gasteiger partial charge in [-0.25, -0.2) is 9.69 Å². The maximum Gasteiger partial charge on any atom is 0.335 e. The van der Waals surface area contributed by atoms with Crippen LogP contribution in [0, 0.1) is 6.92 Å². The molecule has 1 aliphatic rings. The van der Waals surface area contributed by atoms with Crippen molar-refractivity contribution in [1.82, 2.24) is 5.32 Å². The molecule has 1 N–H and O–H groups in total. The van der Waals surface area contributed by atoms with Crippen LogP contribution in [-0.4, -0.2) is 25.0 Å². The molecule has 4 rings (SSSR count). The molecule has 4 amide bonds. The lowest BCUT2D eigenvalue weighted by Gasteiger charge is -2.26. The molecule has 1 aliphatic heterocycles. The predicted octanol–water partition coefficient (Wildman–Crippen LogP) is 4.90. The highest BCUT2D eigenvalue weighted by Crippen LogP contribution is 2.31. The summed E-state index contributed by atoms with van der Waals surface area (Å²) in [5, 5.41) is 2.84. The van der Waals surface area contributed by atoms with Crippen molar-refractivity contribution in [3.8, 4) is 11.5 Å². The molecule has 0 radical (unpaired) electrons. The second-order valence-electron chi connectivity index (χ2n) is 7.63. The highest BCUT2D eigenvalue weighted by atomic mass is 35.5. The molecule has 8 heteroatoms. The van der Waals surface area contributed by atoms with Gasteiger partial charge in [0.2, 0.25) is 0 Å². The minimum absolute atomic E-state index is 0.171. The van der Waals surface area contributed by atoms with Gasteiger partial charge in [-0.15, -0.1) is 0 Å². The number of halogens is 1. The minimum Gasteiger partial charge on any atom is -0.493 e. The average Bonchev–Trinajstić information content (AvgIpc) is 2.80. The highest BCUT2D eigenvalue weighted by molar-refractivity contribution is 6.39. The number of hydrogen-bond acceptors (Lipinski definition) is 5. The number of hydrogen-bond donors (Lipinski definition) is 1. The molecule has 0 atom stereocenters. The van der Waals surface area contributed by atoms with E-state index in [1.807, 2.05) is 25.1 Å². The van der Waals surface area contributed by atoms with E-state index >= 15 is 0 Å². The highest BCUT2D eigenvalue weighted by Gasteiger charge is 2.36. The van der Waals surface area contributed by atoms with Gasteiger partial charge >= 0.3 is 6.03 Å². The molecule has 0 unspecified atom stereocenters. The Hall–Kier alpha value is -4.10. The Morgan fingerprint density at radius 2 is 1.76 bits per heavy atom. The molecule has 0 bridgehead atoms. The Morgan fingerprint density at radius 3 is 2.50 bits per heavy atom. The molecule has 34 heavy (non-hydrogen) atoms. The van der Waals surface area contributed by atoms with E-state index in [0.29, 0.717) is 27.8 Å². The number of carbonyl (C=O) groups excluding carboxylic acids is 3. The second-order valence-corrected chi connectivity index (χ2v) is 8.06. The molecule has 3 aromatic carbocycles. The second kappa shape index (κ2) is 9.80. The van der Waals surface area contributed by atoms with Crippen molar-refractivity contribution in [2.45, 2.75) is 13.5 Å². The van der Waals surface area contributed by atoms with Crippen molar-refractivity contribution in [1.29, 1.82) is 0 Å². The van der Waals surface area contributed by atoms with Crippen LogP contribution in [0.25, 0.3) is 6.08 Å². The van der Waals surface area contributed by atoms with Gasteiger partial charge in [-0.2, -0.15) is 0 Å². The Morgan fingerprint density at radius 1 is 0.971 bits per heavy atom. The van der Waals surface area contributed by atoms with Gasteiger partial charge in [-0.3, -0.25) is 14.9 Å². The van der Waals surface area contributed by atoms with Gasteiger partial charge < -0.3 is 9.47 Å². The largest absolute Gasteiger partial charge is 0.493 e. The summed E-state index contributed by atoms with van der Waals surface area (Å²) in [5.74, 6) is -0.564. The van der Waals surface area contributed by atoms with E-state index in [-0.39, 0.29) is 12.2 Å². The van der Waals surface area contributed by atoms with Gasteiger partial charge in [0.25, 0.3) is 11.8 Å². The number of benzene rings is 3. The summed E-state index contributed by atoms with van der Waals surface area (Å²) in [5.41, 5.74) is 2.51. The smallest absolute Gasteiger partial charge is 0.335 e.